The third-order valence-corrected chi connectivity index (χ3v) is 2.19. The van der Waals surface area contributed by atoms with Gasteiger partial charge in [0.15, 0.2) is 0 Å². The van der Waals surface area contributed by atoms with Crippen LogP contribution in [0.4, 0.5) is 0 Å². The Labute approximate surface area is 96.2 Å². The SMILES string of the molecule is COc1cc(Cl)ccc1COCC(C)C. The number of hydrogen-bond acceptors (Lipinski definition) is 2. The maximum absolute atomic E-state index is 5.86. The van der Waals surface area contributed by atoms with Crippen molar-refractivity contribution in [2.24, 2.45) is 5.92 Å². The number of halogens is 1. The normalized spacial score (nSPS) is 10.7. The van der Waals surface area contributed by atoms with Crippen LogP contribution in [0, 0.1) is 5.92 Å². The first-order chi connectivity index (χ1) is 7.13. The van der Waals surface area contributed by atoms with Crippen molar-refractivity contribution in [3.8, 4) is 5.75 Å². The highest BCUT2D eigenvalue weighted by atomic mass is 35.5. The fourth-order valence-electron chi connectivity index (χ4n) is 1.24. The van der Waals surface area contributed by atoms with Gasteiger partial charge >= 0.3 is 0 Å². The van der Waals surface area contributed by atoms with Crippen LogP contribution in [0.15, 0.2) is 18.2 Å². The van der Waals surface area contributed by atoms with E-state index in [1.165, 1.54) is 0 Å². The predicted molar refractivity (Wildman–Crippen MR) is 62.5 cm³/mol. The zero-order valence-corrected chi connectivity index (χ0v) is 10.2. The minimum absolute atomic E-state index is 0.545. The second-order valence-electron chi connectivity index (χ2n) is 3.87. The van der Waals surface area contributed by atoms with Crippen molar-refractivity contribution >= 4 is 11.6 Å². The number of methoxy groups -OCH3 is 1. The molecule has 84 valence electrons. The fourth-order valence-corrected chi connectivity index (χ4v) is 1.40. The lowest BCUT2D eigenvalue weighted by Gasteiger charge is -2.10. The molecule has 0 amide bonds. The van der Waals surface area contributed by atoms with E-state index >= 15 is 0 Å². The summed E-state index contributed by atoms with van der Waals surface area (Å²) in [6.45, 7) is 5.57. The first kappa shape index (κ1) is 12.3. The molecule has 0 heterocycles. The number of ether oxygens (including phenoxy) is 2. The van der Waals surface area contributed by atoms with Crippen molar-refractivity contribution in [2.45, 2.75) is 20.5 Å². The summed E-state index contributed by atoms with van der Waals surface area (Å²) in [4.78, 5) is 0. The molecule has 0 radical (unpaired) electrons. The second kappa shape index (κ2) is 5.99. The van der Waals surface area contributed by atoms with Crippen LogP contribution in [-0.2, 0) is 11.3 Å². The Hall–Kier alpha value is -0.730. The molecule has 0 saturated carbocycles. The Balaban J connectivity index is 2.60. The molecule has 0 N–H and O–H groups in total. The van der Waals surface area contributed by atoms with Crippen LogP contribution in [0.5, 0.6) is 5.75 Å². The van der Waals surface area contributed by atoms with Crippen LogP contribution in [-0.4, -0.2) is 13.7 Å². The van der Waals surface area contributed by atoms with Crippen LogP contribution in [0.2, 0.25) is 5.02 Å². The Morgan fingerprint density at radius 3 is 2.67 bits per heavy atom. The standard InChI is InChI=1S/C12H17ClO2/c1-9(2)7-15-8-10-4-5-11(13)6-12(10)14-3/h4-6,9H,7-8H2,1-3H3. The van der Waals surface area contributed by atoms with Crippen LogP contribution in [0.1, 0.15) is 19.4 Å². The predicted octanol–water partition coefficient (Wildman–Crippen LogP) is 3.52. The average Bonchev–Trinajstić information content (AvgIpc) is 2.19. The maximum atomic E-state index is 5.86. The van der Waals surface area contributed by atoms with Gasteiger partial charge in [-0.3, -0.25) is 0 Å². The van der Waals surface area contributed by atoms with E-state index in [1.807, 2.05) is 12.1 Å². The van der Waals surface area contributed by atoms with Crippen molar-refractivity contribution in [1.29, 1.82) is 0 Å². The van der Waals surface area contributed by atoms with Crippen molar-refractivity contribution in [1.82, 2.24) is 0 Å². The van der Waals surface area contributed by atoms with Gasteiger partial charge in [-0.1, -0.05) is 31.5 Å². The molecule has 1 aromatic rings. The minimum atomic E-state index is 0.545. The van der Waals surface area contributed by atoms with E-state index in [0.29, 0.717) is 17.5 Å². The molecule has 0 aromatic heterocycles. The van der Waals surface area contributed by atoms with Gasteiger partial charge in [0.25, 0.3) is 0 Å². The smallest absolute Gasteiger partial charge is 0.125 e. The number of benzene rings is 1. The molecule has 0 aliphatic carbocycles. The zero-order chi connectivity index (χ0) is 11.3. The molecule has 0 atom stereocenters. The van der Waals surface area contributed by atoms with Gasteiger partial charge in [-0.2, -0.15) is 0 Å². The average molecular weight is 229 g/mol. The fraction of sp³-hybridized carbons (Fsp3) is 0.500. The molecule has 0 bridgehead atoms. The summed E-state index contributed by atoms with van der Waals surface area (Å²) in [5, 5.41) is 0.680. The first-order valence-electron chi connectivity index (χ1n) is 5.03. The largest absolute Gasteiger partial charge is 0.496 e. The Bertz CT molecular complexity index is 310. The van der Waals surface area contributed by atoms with Crippen molar-refractivity contribution in [2.75, 3.05) is 13.7 Å². The molecule has 0 aliphatic heterocycles. The molecule has 2 nitrogen and oxygen atoms in total. The van der Waals surface area contributed by atoms with Gasteiger partial charge < -0.3 is 9.47 Å². The summed E-state index contributed by atoms with van der Waals surface area (Å²) in [6.07, 6.45) is 0. The molecule has 15 heavy (non-hydrogen) atoms. The third kappa shape index (κ3) is 4.10. The summed E-state index contributed by atoms with van der Waals surface area (Å²) >= 11 is 5.86. The van der Waals surface area contributed by atoms with E-state index in [2.05, 4.69) is 13.8 Å². The maximum Gasteiger partial charge on any atom is 0.125 e. The molecule has 0 spiro atoms. The highest BCUT2D eigenvalue weighted by Gasteiger charge is 2.04. The summed E-state index contributed by atoms with van der Waals surface area (Å²) in [5.74, 6) is 1.33. The third-order valence-electron chi connectivity index (χ3n) is 1.96. The van der Waals surface area contributed by atoms with Crippen LogP contribution >= 0.6 is 11.6 Å². The zero-order valence-electron chi connectivity index (χ0n) is 9.42. The summed E-state index contributed by atoms with van der Waals surface area (Å²) < 4.78 is 10.8. The van der Waals surface area contributed by atoms with Crippen molar-refractivity contribution in [3.05, 3.63) is 28.8 Å². The van der Waals surface area contributed by atoms with E-state index in [0.717, 1.165) is 17.9 Å². The molecule has 3 heteroatoms. The highest BCUT2D eigenvalue weighted by molar-refractivity contribution is 6.30. The van der Waals surface area contributed by atoms with E-state index in [4.69, 9.17) is 21.1 Å². The lowest BCUT2D eigenvalue weighted by molar-refractivity contribution is 0.0955. The lowest BCUT2D eigenvalue weighted by Crippen LogP contribution is -2.03. The minimum Gasteiger partial charge on any atom is -0.496 e. The monoisotopic (exact) mass is 228 g/mol. The van der Waals surface area contributed by atoms with E-state index in [1.54, 1.807) is 13.2 Å². The number of hydrogen-bond donors (Lipinski definition) is 0. The number of rotatable bonds is 5. The Morgan fingerprint density at radius 1 is 1.33 bits per heavy atom. The Kier molecular flexibility index (Phi) is 4.92. The van der Waals surface area contributed by atoms with Gasteiger partial charge in [0.1, 0.15) is 5.75 Å². The van der Waals surface area contributed by atoms with Crippen LogP contribution < -0.4 is 4.74 Å². The highest BCUT2D eigenvalue weighted by Crippen LogP contribution is 2.23. The van der Waals surface area contributed by atoms with Gasteiger partial charge in [0, 0.05) is 17.2 Å². The topological polar surface area (TPSA) is 18.5 Å². The van der Waals surface area contributed by atoms with Gasteiger partial charge in [0.2, 0.25) is 0 Å². The van der Waals surface area contributed by atoms with Crippen molar-refractivity contribution in [3.63, 3.8) is 0 Å². The van der Waals surface area contributed by atoms with Gasteiger partial charge in [-0.05, 0) is 18.1 Å². The quantitative estimate of drug-likeness (QED) is 0.768. The van der Waals surface area contributed by atoms with Crippen molar-refractivity contribution < 1.29 is 9.47 Å². The van der Waals surface area contributed by atoms with E-state index in [-0.39, 0.29) is 0 Å². The molecule has 0 aliphatic rings. The van der Waals surface area contributed by atoms with Gasteiger partial charge in [-0.25, -0.2) is 0 Å². The summed E-state index contributed by atoms with van der Waals surface area (Å²) in [5.41, 5.74) is 1.03. The first-order valence-corrected chi connectivity index (χ1v) is 5.41. The van der Waals surface area contributed by atoms with Crippen LogP contribution in [0.25, 0.3) is 0 Å². The molecule has 1 rings (SSSR count). The van der Waals surface area contributed by atoms with Gasteiger partial charge in [-0.15, -0.1) is 0 Å². The molecular weight excluding hydrogens is 212 g/mol. The van der Waals surface area contributed by atoms with Gasteiger partial charge in [0.05, 0.1) is 13.7 Å². The molecule has 0 unspecified atom stereocenters. The summed E-state index contributed by atoms with van der Waals surface area (Å²) in [6, 6.07) is 5.58. The molecule has 1 aromatic carbocycles. The molecule has 0 fully saturated rings. The summed E-state index contributed by atoms with van der Waals surface area (Å²) in [7, 11) is 1.64. The van der Waals surface area contributed by atoms with E-state index in [9.17, 15) is 0 Å². The molecular formula is C12H17ClO2. The van der Waals surface area contributed by atoms with E-state index < -0.39 is 0 Å². The van der Waals surface area contributed by atoms with Crippen LogP contribution in [0.3, 0.4) is 0 Å². The molecule has 0 saturated heterocycles. The second-order valence-corrected chi connectivity index (χ2v) is 4.30. The lowest BCUT2D eigenvalue weighted by atomic mass is 10.2. The Morgan fingerprint density at radius 2 is 2.07 bits per heavy atom.